The van der Waals surface area contributed by atoms with E-state index in [1.54, 1.807) is 11.3 Å². The van der Waals surface area contributed by atoms with Crippen LogP contribution in [-0.2, 0) is 0 Å². The molecule has 0 saturated heterocycles. The second-order valence-electron chi connectivity index (χ2n) is 4.51. The number of hydrogen-bond acceptors (Lipinski definition) is 4. The summed E-state index contributed by atoms with van der Waals surface area (Å²) < 4.78 is 0. The van der Waals surface area contributed by atoms with Crippen LogP contribution in [0.15, 0.2) is 6.20 Å². The van der Waals surface area contributed by atoms with E-state index in [4.69, 9.17) is 5.11 Å². The van der Waals surface area contributed by atoms with Gasteiger partial charge in [0, 0.05) is 29.3 Å². The zero-order valence-electron chi connectivity index (χ0n) is 9.87. The van der Waals surface area contributed by atoms with Gasteiger partial charge in [0.1, 0.15) is 0 Å². The third-order valence-electron chi connectivity index (χ3n) is 2.41. The summed E-state index contributed by atoms with van der Waals surface area (Å²) in [6.45, 7) is 8.57. The maximum Gasteiger partial charge on any atom is 0.0897 e. The summed E-state index contributed by atoms with van der Waals surface area (Å²) in [5, 5.41) is 13.5. The molecule has 1 atom stereocenters. The molecule has 0 radical (unpaired) electrons. The Balaban J connectivity index is 2.59. The second kappa shape index (κ2) is 5.05. The van der Waals surface area contributed by atoms with Gasteiger partial charge in [0.25, 0.3) is 0 Å². The van der Waals surface area contributed by atoms with Crippen LogP contribution in [0.25, 0.3) is 0 Å². The van der Waals surface area contributed by atoms with Crippen LogP contribution in [0, 0.1) is 6.92 Å². The van der Waals surface area contributed by atoms with E-state index >= 15 is 0 Å². The smallest absolute Gasteiger partial charge is 0.0897 e. The number of aromatic nitrogens is 1. The van der Waals surface area contributed by atoms with E-state index in [2.05, 4.69) is 31.1 Å². The number of rotatable bonds is 5. The Hall–Kier alpha value is -0.450. The summed E-state index contributed by atoms with van der Waals surface area (Å²) in [4.78, 5) is 5.49. The summed E-state index contributed by atoms with van der Waals surface area (Å²) >= 11 is 1.72. The predicted octanol–water partition coefficient (Wildman–Crippen LogP) is 2.26. The van der Waals surface area contributed by atoms with Gasteiger partial charge in [-0.3, -0.25) is 0 Å². The molecule has 0 aliphatic heterocycles. The van der Waals surface area contributed by atoms with Crippen molar-refractivity contribution in [2.75, 3.05) is 6.61 Å². The molecule has 0 aliphatic carbocycles. The van der Waals surface area contributed by atoms with Gasteiger partial charge in [-0.05, 0) is 34.1 Å². The third kappa shape index (κ3) is 3.89. The largest absolute Gasteiger partial charge is 0.396 e. The topological polar surface area (TPSA) is 45.2 Å². The van der Waals surface area contributed by atoms with E-state index in [9.17, 15) is 0 Å². The molecule has 1 unspecified atom stereocenters. The van der Waals surface area contributed by atoms with E-state index < -0.39 is 0 Å². The van der Waals surface area contributed by atoms with Crippen molar-refractivity contribution in [1.82, 2.24) is 10.3 Å². The van der Waals surface area contributed by atoms with Crippen LogP contribution in [0.5, 0.6) is 0 Å². The van der Waals surface area contributed by atoms with Gasteiger partial charge < -0.3 is 10.4 Å². The number of aliphatic hydroxyl groups excluding tert-OH is 1. The van der Waals surface area contributed by atoms with Gasteiger partial charge in [0.15, 0.2) is 0 Å². The Kier molecular flexibility index (Phi) is 4.25. The van der Waals surface area contributed by atoms with Crippen molar-refractivity contribution in [3.63, 3.8) is 0 Å². The summed E-state index contributed by atoms with van der Waals surface area (Å²) in [6.07, 6.45) is 2.68. The van der Waals surface area contributed by atoms with Crippen LogP contribution in [0.2, 0.25) is 0 Å². The highest BCUT2D eigenvalue weighted by Gasteiger charge is 2.20. The lowest BCUT2D eigenvalue weighted by molar-refractivity contribution is 0.222. The number of nitrogens with one attached hydrogen (secondary N) is 1. The van der Waals surface area contributed by atoms with Crippen molar-refractivity contribution in [3.05, 3.63) is 16.1 Å². The number of aliphatic hydroxyl groups is 1. The van der Waals surface area contributed by atoms with Crippen LogP contribution in [-0.4, -0.2) is 22.2 Å². The maximum atomic E-state index is 8.94. The van der Waals surface area contributed by atoms with Crippen LogP contribution < -0.4 is 5.32 Å². The fourth-order valence-electron chi connectivity index (χ4n) is 1.59. The monoisotopic (exact) mass is 228 g/mol. The van der Waals surface area contributed by atoms with Crippen molar-refractivity contribution < 1.29 is 5.11 Å². The van der Waals surface area contributed by atoms with Gasteiger partial charge in [-0.25, -0.2) is 4.98 Å². The van der Waals surface area contributed by atoms with E-state index in [0.717, 1.165) is 11.4 Å². The number of hydrogen-bond donors (Lipinski definition) is 2. The molecule has 1 aromatic heterocycles. The normalized spacial score (nSPS) is 14.2. The summed E-state index contributed by atoms with van der Waals surface area (Å²) in [5.74, 6) is 0. The molecule has 0 fully saturated rings. The molecule has 1 aromatic rings. The first-order valence-corrected chi connectivity index (χ1v) is 6.07. The molecule has 0 bridgehead atoms. The Morgan fingerprint density at radius 3 is 2.73 bits per heavy atom. The quantitative estimate of drug-likeness (QED) is 0.812. The van der Waals surface area contributed by atoms with Crippen LogP contribution in [0.3, 0.4) is 0 Å². The Morgan fingerprint density at radius 2 is 2.27 bits per heavy atom. The van der Waals surface area contributed by atoms with Gasteiger partial charge in [0.05, 0.1) is 5.01 Å². The van der Waals surface area contributed by atoms with Crippen molar-refractivity contribution >= 4 is 11.3 Å². The molecule has 2 N–H and O–H groups in total. The molecule has 0 amide bonds. The molecular formula is C11H20N2OS. The molecule has 0 aliphatic rings. The zero-order chi connectivity index (χ0) is 11.5. The van der Waals surface area contributed by atoms with Crippen LogP contribution >= 0.6 is 11.3 Å². The molecule has 1 heterocycles. The second-order valence-corrected chi connectivity index (χ2v) is 5.77. The van der Waals surface area contributed by atoms with Gasteiger partial charge in [0.2, 0.25) is 0 Å². The molecule has 4 heteroatoms. The van der Waals surface area contributed by atoms with Crippen LogP contribution in [0.1, 0.15) is 43.1 Å². The summed E-state index contributed by atoms with van der Waals surface area (Å²) in [6, 6.07) is 0.290. The number of aryl methyl sites for hydroxylation is 1. The average molecular weight is 228 g/mol. The summed E-state index contributed by atoms with van der Waals surface area (Å²) in [5.41, 5.74) is -0.0357. The lowest BCUT2D eigenvalue weighted by Gasteiger charge is -2.29. The minimum atomic E-state index is -0.0357. The van der Waals surface area contributed by atoms with E-state index in [-0.39, 0.29) is 18.2 Å². The molecular weight excluding hydrogens is 208 g/mol. The fourth-order valence-corrected chi connectivity index (χ4v) is 2.37. The molecule has 3 nitrogen and oxygen atoms in total. The first-order valence-electron chi connectivity index (χ1n) is 5.25. The molecule has 15 heavy (non-hydrogen) atoms. The highest BCUT2D eigenvalue weighted by molar-refractivity contribution is 7.11. The Morgan fingerprint density at radius 1 is 1.60 bits per heavy atom. The standard InChI is InChI=1S/C11H20N2OS/c1-8(10-7-12-9(2)15-10)13-11(3,4)5-6-14/h7-8,13-14H,5-6H2,1-4H3. The Bertz CT molecular complexity index is 309. The van der Waals surface area contributed by atoms with Gasteiger partial charge >= 0.3 is 0 Å². The van der Waals surface area contributed by atoms with Gasteiger partial charge in [-0.15, -0.1) is 11.3 Å². The third-order valence-corrected chi connectivity index (χ3v) is 3.51. The van der Waals surface area contributed by atoms with E-state index in [1.165, 1.54) is 4.88 Å². The Labute approximate surface area is 95.6 Å². The van der Waals surface area contributed by atoms with Crippen molar-refractivity contribution in [2.24, 2.45) is 0 Å². The van der Waals surface area contributed by atoms with Crippen molar-refractivity contribution in [1.29, 1.82) is 0 Å². The maximum absolute atomic E-state index is 8.94. The average Bonchev–Trinajstić information content (AvgIpc) is 2.50. The SMILES string of the molecule is Cc1ncc(C(C)NC(C)(C)CCO)s1. The first-order chi connectivity index (χ1) is 6.94. The lowest BCUT2D eigenvalue weighted by atomic mass is 10.00. The fraction of sp³-hybridized carbons (Fsp3) is 0.727. The molecule has 0 spiro atoms. The highest BCUT2D eigenvalue weighted by Crippen LogP contribution is 2.23. The first kappa shape index (κ1) is 12.6. The summed E-state index contributed by atoms with van der Waals surface area (Å²) in [7, 11) is 0. The molecule has 0 saturated carbocycles. The molecule has 1 rings (SSSR count). The number of nitrogens with zero attached hydrogens (tertiary/aromatic N) is 1. The molecule has 86 valence electrons. The van der Waals surface area contributed by atoms with E-state index in [1.807, 2.05) is 13.1 Å². The predicted molar refractivity (Wildman–Crippen MR) is 64.2 cm³/mol. The van der Waals surface area contributed by atoms with E-state index in [0.29, 0.717) is 0 Å². The minimum absolute atomic E-state index is 0.0357. The van der Waals surface area contributed by atoms with Gasteiger partial charge in [-0.2, -0.15) is 0 Å². The minimum Gasteiger partial charge on any atom is -0.396 e. The van der Waals surface area contributed by atoms with Crippen molar-refractivity contribution in [2.45, 2.75) is 45.7 Å². The molecule has 0 aromatic carbocycles. The van der Waals surface area contributed by atoms with Crippen molar-refractivity contribution in [3.8, 4) is 0 Å². The highest BCUT2D eigenvalue weighted by atomic mass is 32.1. The lowest BCUT2D eigenvalue weighted by Crippen LogP contribution is -2.41. The van der Waals surface area contributed by atoms with Crippen LogP contribution in [0.4, 0.5) is 0 Å². The number of thiazole rings is 1. The zero-order valence-corrected chi connectivity index (χ0v) is 10.7. The van der Waals surface area contributed by atoms with Gasteiger partial charge in [-0.1, -0.05) is 0 Å².